The van der Waals surface area contributed by atoms with Crippen LogP contribution in [0.4, 0.5) is 0 Å². The van der Waals surface area contributed by atoms with Crippen LogP contribution in [0.5, 0.6) is 0 Å². The van der Waals surface area contributed by atoms with Gasteiger partial charge in [0.2, 0.25) is 5.91 Å². The van der Waals surface area contributed by atoms with Gasteiger partial charge in [-0.2, -0.15) is 0 Å². The van der Waals surface area contributed by atoms with Crippen molar-refractivity contribution in [2.24, 2.45) is 11.8 Å². The average Bonchev–Trinajstić information content (AvgIpc) is 2.79. The summed E-state index contributed by atoms with van der Waals surface area (Å²) in [6, 6.07) is 0.600. The van der Waals surface area contributed by atoms with Crippen LogP contribution in [-0.4, -0.2) is 36.5 Å². The normalized spacial score (nSPS) is 39.3. The number of fused-ring (bicyclic) bond motifs is 2. The van der Waals surface area contributed by atoms with Crippen LogP contribution in [0.1, 0.15) is 25.7 Å². The van der Waals surface area contributed by atoms with Crippen molar-refractivity contribution in [1.82, 2.24) is 10.2 Å². The summed E-state index contributed by atoms with van der Waals surface area (Å²) in [4.78, 5) is 13.9. The van der Waals surface area contributed by atoms with E-state index in [1.807, 2.05) is 0 Å². The molecule has 3 aliphatic rings. The number of nitrogens with zero attached hydrogens (tertiary/aromatic N) is 1. The van der Waals surface area contributed by atoms with E-state index in [0.717, 1.165) is 24.9 Å². The van der Waals surface area contributed by atoms with Gasteiger partial charge in [-0.15, -0.1) is 12.4 Å². The zero-order chi connectivity index (χ0) is 9.54. The SMILES string of the molecule is Cl.O=C1CNCCN1C1CC2CCC1C2. The Morgan fingerprint density at radius 3 is 2.73 bits per heavy atom. The van der Waals surface area contributed by atoms with Crippen LogP contribution in [0.2, 0.25) is 0 Å². The zero-order valence-electron chi connectivity index (χ0n) is 8.95. The molecule has 0 aromatic heterocycles. The summed E-state index contributed by atoms with van der Waals surface area (Å²) < 4.78 is 0. The van der Waals surface area contributed by atoms with Crippen molar-refractivity contribution in [2.45, 2.75) is 31.7 Å². The second kappa shape index (κ2) is 4.30. The Labute approximate surface area is 97.0 Å². The molecule has 3 atom stereocenters. The van der Waals surface area contributed by atoms with E-state index < -0.39 is 0 Å². The first-order chi connectivity index (χ1) is 6.84. The second-order valence-corrected chi connectivity index (χ2v) is 5.01. The van der Waals surface area contributed by atoms with E-state index >= 15 is 0 Å². The zero-order valence-corrected chi connectivity index (χ0v) is 9.76. The van der Waals surface area contributed by atoms with Crippen LogP contribution in [0.25, 0.3) is 0 Å². The van der Waals surface area contributed by atoms with E-state index in [1.54, 1.807) is 0 Å². The van der Waals surface area contributed by atoms with Crippen molar-refractivity contribution in [3.63, 3.8) is 0 Å². The van der Waals surface area contributed by atoms with Gasteiger partial charge >= 0.3 is 0 Å². The summed E-state index contributed by atoms with van der Waals surface area (Å²) in [5.74, 6) is 2.10. The van der Waals surface area contributed by atoms with Gasteiger partial charge < -0.3 is 10.2 Å². The quantitative estimate of drug-likeness (QED) is 0.730. The first-order valence-corrected chi connectivity index (χ1v) is 5.85. The van der Waals surface area contributed by atoms with E-state index in [0.29, 0.717) is 18.5 Å². The molecular formula is C11H19ClN2O. The van der Waals surface area contributed by atoms with Gasteiger partial charge in [0.25, 0.3) is 0 Å². The number of carbonyl (C=O) groups excluding carboxylic acids is 1. The molecule has 0 aromatic rings. The van der Waals surface area contributed by atoms with Crippen molar-refractivity contribution in [3.8, 4) is 0 Å². The summed E-state index contributed by atoms with van der Waals surface area (Å²) in [6.07, 6.45) is 5.46. The highest BCUT2D eigenvalue weighted by Crippen LogP contribution is 2.46. The maximum atomic E-state index is 11.7. The third kappa shape index (κ3) is 1.87. The minimum atomic E-state index is 0. The van der Waals surface area contributed by atoms with Gasteiger partial charge in [0, 0.05) is 19.1 Å². The lowest BCUT2D eigenvalue weighted by Gasteiger charge is -2.37. The van der Waals surface area contributed by atoms with Crippen LogP contribution < -0.4 is 5.32 Å². The summed E-state index contributed by atoms with van der Waals surface area (Å²) in [6.45, 7) is 2.49. The molecule has 0 aromatic carbocycles. The minimum absolute atomic E-state index is 0. The number of halogens is 1. The summed E-state index contributed by atoms with van der Waals surface area (Å²) >= 11 is 0. The second-order valence-electron chi connectivity index (χ2n) is 5.01. The van der Waals surface area contributed by atoms with Crippen LogP contribution in [-0.2, 0) is 4.79 Å². The Kier molecular flexibility index (Phi) is 3.21. The number of amides is 1. The Morgan fingerprint density at radius 2 is 2.13 bits per heavy atom. The fourth-order valence-corrected chi connectivity index (χ4v) is 3.56. The van der Waals surface area contributed by atoms with E-state index in [1.165, 1.54) is 25.7 Å². The number of piperazine rings is 1. The molecular weight excluding hydrogens is 212 g/mol. The van der Waals surface area contributed by atoms with Crippen molar-refractivity contribution in [3.05, 3.63) is 0 Å². The molecule has 1 N–H and O–H groups in total. The van der Waals surface area contributed by atoms with E-state index in [2.05, 4.69) is 10.2 Å². The molecule has 3 nitrogen and oxygen atoms in total. The minimum Gasteiger partial charge on any atom is -0.337 e. The van der Waals surface area contributed by atoms with Crippen molar-refractivity contribution < 1.29 is 4.79 Å². The molecule has 2 bridgehead atoms. The van der Waals surface area contributed by atoms with Gasteiger partial charge in [-0.05, 0) is 31.1 Å². The van der Waals surface area contributed by atoms with Gasteiger partial charge in [-0.25, -0.2) is 0 Å². The van der Waals surface area contributed by atoms with Gasteiger partial charge in [-0.3, -0.25) is 4.79 Å². The number of hydrogen-bond donors (Lipinski definition) is 1. The molecule has 86 valence electrons. The molecule has 1 heterocycles. The molecule has 15 heavy (non-hydrogen) atoms. The third-order valence-electron chi connectivity index (χ3n) is 4.23. The Bertz CT molecular complexity index is 259. The monoisotopic (exact) mass is 230 g/mol. The van der Waals surface area contributed by atoms with Crippen molar-refractivity contribution in [1.29, 1.82) is 0 Å². The molecule has 1 saturated heterocycles. The Morgan fingerprint density at radius 1 is 1.27 bits per heavy atom. The largest absolute Gasteiger partial charge is 0.337 e. The van der Waals surface area contributed by atoms with Gasteiger partial charge in [-0.1, -0.05) is 6.42 Å². The predicted octanol–water partition coefficient (Wildman–Crippen LogP) is 1.03. The van der Waals surface area contributed by atoms with E-state index in [9.17, 15) is 4.79 Å². The third-order valence-corrected chi connectivity index (χ3v) is 4.23. The van der Waals surface area contributed by atoms with Crippen LogP contribution >= 0.6 is 12.4 Å². The Balaban J connectivity index is 0.000000853. The number of rotatable bonds is 1. The molecule has 3 rings (SSSR count). The van der Waals surface area contributed by atoms with E-state index in [4.69, 9.17) is 0 Å². The molecule has 0 radical (unpaired) electrons. The smallest absolute Gasteiger partial charge is 0.236 e. The number of nitrogens with one attached hydrogen (secondary N) is 1. The number of carbonyl (C=O) groups is 1. The highest BCUT2D eigenvalue weighted by Gasteiger charge is 2.43. The van der Waals surface area contributed by atoms with Crippen molar-refractivity contribution >= 4 is 18.3 Å². The average molecular weight is 231 g/mol. The maximum Gasteiger partial charge on any atom is 0.236 e. The molecule has 2 aliphatic carbocycles. The molecule has 1 aliphatic heterocycles. The van der Waals surface area contributed by atoms with Crippen LogP contribution in [0.3, 0.4) is 0 Å². The fourth-order valence-electron chi connectivity index (χ4n) is 3.56. The van der Waals surface area contributed by atoms with E-state index in [-0.39, 0.29) is 12.4 Å². The van der Waals surface area contributed by atoms with Gasteiger partial charge in [0.1, 0.15) is 0 Å². The first-order valence-electron chi connectivity index (χ1n) is 5.85. The maximum absolute atomic E-state index is 11.7. The lowest BCUT2D eigenvalue weighted by atomic mass is 9.93. The summed E-state index contributed by atoms with van der Waals surface area (Å²) in [5.41, 5.74) is 0. The topological polar surface area (TPSA) is 32.3 Å². The lowest BCUT2D eigenvalue weighted by molar-refractivity contribution is -0.135. The molecule has 4 heteroatoms. The molecule has 3 fully saturated rings. The molecule has 3 unspecified atom stereocenters. The number of hydrogen-bond acceptors (Lipinski definition) is 2. The van der Waals surface area contributed by atoms with Gasteiger partial charge in [0.15, 0.2) is 0 Å². The molecule has 1 amide bonds. The summed E-state index contributed by atoms with van der Waals surface area (Å²) in [5, 5.41) is 3.14. The highest BCUT2D eigenvalue weighted by atomic mass is 35.5. The first kappa shape index (κ1) is 11.2. The van der Waals surface area contributed by atoms with Crippen LogP contribution in [0, 0.1) is 11.8 Å². The van der Waals surface area contributed by atoms with Crippen LogP contribution in [0.15, 0.2) is 0 Å². The molecule has 2 saturated carbocycles. The summed E-state index contributed by atoms with van der Waals surface area (Å²) in [7, 11) is 0. The van der Waals surface area contributed by atoms with Crippen molar-refractivity contribution in [2.75, 3.05) is 19.6 Å². The highest BCUT2D eigenvalue weighted by molar-refractivity contribution is 5.85. The predicted molar refractivity (Wildman–Crippen MR) is 61.1 cm³/mol. The van der Waals surface area contributed by atoms with Gasteiger partial charge in [0.05, 0.1) is 6.54 Å². The Hall–Kier alpha value is -0.280. The lowest BCUT2D eigenvalue weighted by Crippen LogP contribution is -2.53. The molecule has 0 spiro atoms. The standard InChI is InChI=1S/C11H18N2O.ClH/c14-11-7-12-3-4-13(11)10-6-8-1-2-9(10)5-8;/h8-10,12H,1-7H2;1H. The fraction of sp³-hybridized carbons (Fsp3) is 0.909.